The van der Waals surface area contributed by atoms with Crippen LogP contribution >= 0.6 is 0 Å². The highest BCUT2D eigenvalue weighted by atomic mass is 19.1. The number of likely N-dealkylation sites (N-methyl/N-ethyl adjacent to an activating group) is 1. The number of halogens is 1. The second-order valence-electron chi connectivity index (χ2n) is 11.3. The van der Waals surface area contributed by atoms with E-state index in [-0.39, 0.29) is 34.4 Å². The highest BCUT2D eigenvalue weighted by molar-refractivity contribution is 6.03. The molecule has 0 amide bonds. The Hall–Kier alpha value is -4.00. The molecular formula is C31H31FN6O2. The highest BCUT2D eigenvalue weighted by Gasteiger charge is 2.34. The van der Waals surface area contributed by atoms with Crippen molar-refractivity contribution in [1.29, 1.82) is 5.26 Å². The number of phenolic OH excluding ortho intramolecular Hbond substituents is 1. The number of nitrogens with one attached hydrogen (secondary N) is 1. The van der Waals surface area contributed by atoms with Gasteiger partial charge in [-0.15, -0.1) is 0 Å². The van der Waals surface area contributed by atoms with Gasteiger partial charge in [0.05, 0.1) is 11.6 Å². The van der Waals surface area contributed by atoms with Crippen molar-refractivity contribution >= 4 is 27.5 Å². The SMILES string of the molecule is CN1CCC[C@H]1COc1nc(N2C[C@H]3CC[C@@H](C2)N3)c2cc(C#N)c(-c3cc(O)cc4ccccc34)c(F)c2n1. The number of fused-ring (bicyclic) bond motifs is 4. The second-order valence-corrected chi connectivity index (χ2v) is 11.3. The van der Waals surface area contributed by atoms with E-state index in [2.05, 4.69) is 33.2 Å². The van der Waals surface area contributed by atoms with Crippen molar-refractivity contribution in [3.8, 4) is 29.0 Å². The molecule has 0 saturated carbocycles. The lowest BCUT2D eigenvalue weighted by Crippen LogP contribution is -2.51. The molecule has 4 heterocycles. The summed E-state index contributed by atoms with van der Waals surface area (Å²) in [6.45, 7) is 2.94. The Bertz CT molecular complexity index is 1660. The van der Waals surface area contributed by atoms with Crippen molar-refractivity contribution < 1.29 is 14.2 Å². The summed E-state index contributed by atoms with van der Waals surface area (Å²) in [6, 6.07) is 15.6. The molecule has 0 unspecified atom stereocenters. The van der Waals surface area contributed by atoms with Crippen molar-refractivity contribution in [1.82, 2.24) is 20.2 Å². The first-order valence-electron chi connectivity index (χ1n) is 14.0. The number of likely N-dealkylation sites (tertiary alicyclic amines) is 1. The summed E-state index contributed by atoms with van der Waals surface area (Å²) in [7, 11) is 2.08. The van der Waals surface area contributed by atoms with Gasteiger partial charge in [-0.25, -0.2) is 4.39 Å². The molecule has 2 bridgehead atoms. The molecule has 3 saturated heterocycles. The summed E-state index contributed by atoms with van der Waals surface area (Å²) >= 11 is 0. The molecule has 8 nitrogen and oxygen atoms in total. The summed E-state index contributed by atoms with van der Waals surface area (Å²) < 4.78 is 22.9. The van der Waals surface area contributed by atoms with Crippen LogP contribution in [0.4, 0.5) is 10.2 Å². The number of anilines is 1. The van der Waals surface area contributed by atoms with Crippen LogP contribution in [0.25, 0.3) is 32.8 Å². The zero-order chi connectivity index (χ0) is 27.4. The van der Waals surface area contributed by atoms with E-state index in [0.717, 1.165) is 56.1 Å². The van der Waals surface area contributed by atoms with Crippen molar-refractivity contribution in [3.63, 3.8) is 0 Å². The minimum absolute atomic E-state index is 0.00135. The van der Waals surface area contributed by atoms with E-state index < -0.39 is 5.82 Å². The van der Waals surface area contributed by atoms with Gasteiger partial charge in [0.25, 0.3) is 0 Å². The Labute approximate surface area is 232 Å². The minimum Gasteiger partial charge on any atom is -0.508 e. The fourth-order valence-corrected chi connectivity index (χ4v) is 6.68. The number of ether oxygens (including phenoxy) is 1. The van der Waals surface area contributed by atoms with E-state index in [1.165, 1.54) is 6.07 Å². The van der Waals surface area contributed by atoms with E-state index in [4.69, 9.17) is 9.72 Å². The van der Waals surface area contributed by atoms with E-state index in [1.54, 1.807) is 12.1 Å². The van der Waals surface area contributed by atoms with Crippen LogP contribution in [0.15, 0.2) is 42.5 Å². The van der Waals surface area contributed by atoms with E-state index in [9.17, 15) is 10.4 Å². The predicted octanol–water partition coefficient (Wildman–Crippen LogP) is 4.58. The van der Waals surface area contributed by atoms with Gasteiger partial charge in [-0.05, 0) is 73.8 Å². The number of piperazine rings is 1. The third-order valence-corrected chi connectivity index (χ3v) is 8.72. The highest BCUT2D eigenvalue weighted by Crippen LogP contribution is 2.41. The summed E-state index contributed by atoms with van der Waals surface area (Å²) in [4.78, 5) is 13.9. The average Bonchev–Trinajstić information content (AvgIpc) is 3.53. The monoisotopic (exact) mass is 538 g/mol. The average molecular weight is 539 g/mol. The summed E-state index contributed by atoms with van der Waals surface area (Å²) in [5.74, 6) is -0.0169. The number of aromatic hydroxyl groups is 1. The molecule has 4 aromatic rings. The van der Waals surface area contributed by atoms with E-state index in [1.807, 2.05) is 24.3 Å². The van der Waals surface area contributed by atoms with E-state index in [0.29, 0.717) is 35.5 Å². The normalized spacial score (nSPS) is 22.7. The molecule has 0 spiro atoms. The Kier molecular flexibility index (Phi) is 6.17. The molecule has 3 atom stereocenters. The zero-order valence-corrected chi connectivity index (χ0v) is 22.4. The Morgan fingerprint density at radius 1 is 1.10 bits per heavy atom. The standard InChI is InChI=1S/C31H31FN6O2/c1-37-10-4-6-22(37)17-40-31-35-29-26(30(36-31)38-15-20-8-9-21(16-38)34-20)12-19(14-33)27(28(29)32)25-13-23(39)11-18-5-2-3-7-24(18)25/h2-3,5,7,11-13,20-22,34,39H,4,6,8-10,15-17H2,1H3/t20-,21+,22-/m0/s1. The molecular weight excluding hydrogens is 507 g/mol. The predicted molar refractivity (Wildman–Crippen MR) is 152 cm³/mol. The lowest BCUT2D eigenvalue weighted by Gasteiger charge is -2.34. The fourth-order valence-electron chi connectivity index (χ4n) is 6.68. The molecule has 204 valence electrons. The maximum absolute atomic E-state index is 16.7. The lowest BCUT2D eigenvalue weighted by atomic mass is 9.92. The first-order valence-corrected chi connectivity index (χ1v) is 14.0. The lowest BCUT2D eigenvalue weighted by molar-refractivity contribution is 0.188. The van der Waals surface area contributed by atoms with Gasteiger partial charge in [0.15, 0.2) is 5.82 Å². The fraction of sp³-hybridized carbons (Fsp3) is 0.387. The van der Waals surface area contributed by atoms with Gasteiger partial charge in [-0.3, -0.25) is 0 Å². The van der Waals surface area contributed by atoms with Crippen molar-refractivity contribution in [3.05, 3.63) is 53.8 Å². The maximum Gasteiger partial charge on any atom is 0.319 e. The molecule has 2 N–H and O–H groups in total. The number of benzene rings is 3. The number of hydrogen-bond donors (Lipinski definition) is 2. The third-order valence-electron chi connectivity index (χ3n) is 8.72. The van der Waals surface area contributed by atoms with Crippen LogP contribution in [0.1, 0.15) is 31.2 Å². The molecule has 3 aliphatic rings. The third kappa shape index (κ3) is 4.28. The maximum atomic E-state index is 16.7. The number of aromatic nitrogens is 2. The number of nitrogens with zero attached hydrogens (tertiary/aromatic N) is 5. The first kappa shape index (κ1) is 25.0. The van der Waals surface area contributed by atoms with Gasteiger partial charge in [-0.1, -0.05) is 24.3 Å². The number of nitriles is 1. The summed E-state index contributed by atoms with van der Waals surface area (Å²) in [5.41, 5.74) is 0.854. The Morgan fingerprint density at radius 3 is 2.65 bits per heavy atom. The number of rotatable bonds is 5. The quantitative estimate of drug-likeness (QED) is 0.381. The van der Waals surface area contributed by atoms with Gasteiger partial charge in [-0.2, -0.15) is 15.2 Å². The second kappa shape index (κ2) is 9.88. The molecule has 0 radical (unpaired) electrons. The number of phenols is 1. The Morgan fingerprint density at radius 2 is 1.90 bits per heavy atom. The van der Waals surface area contributed by atoms with Gasteiger partial charge < -0.3 is 25.0 Å². The van der Waals surface area contributed by atoms with Crippen LogP contribution in [0.2, 0.25) is 0 Å². The molecule has 3 fully saturated rings. The number of hydrogen-bond acceptors (Lipinski definition) is 8. The van der Waals surface area contributed by atoms with Crippen molar-refractivity contribution in [2.24, 2.45) is 0 Å². The largest absolute Gasteiger partial charge is 0.508 e. The van der Waals surface area contributed by atoms with Crippen molar-refractivity contribution in [2.75, 3.05) is 38.2 Å². The van der Waals surface area contributed by atoms with Crippen molar-refractivity contribution in [2.45, 2.75) is 43.8 Å². The molecule has 3 aromatic carbocycles. The van der Waals surface area contributed by atoms with Crippen LogP contribution in [0, 0.1) is 17.1 Å². The van der Waals surface area contributed by atoms with Crippen LogP contribution in [0.5, 0.6) is 11.8 Å². The van der Waals surface area contributed by atoms with Gasteiger partial charge in [0.2, 0.25) is 0 Å². The van der Waals surface area contributed by atoms with Crippen LogP contribution in [0.3, 0.4) is 0 Å². The van der Waals surface area contributed by atoms with Crippen LogP contribution in [-0.2, 0) is 0 Å². The van der Waals surface area contributed by atoms with Gasteiger partial charge in [0, 0.05) is 42.2 Å². The molecule has 0 aliphatic carbocycles. The molecule has 40 heavy (non-hydrogen) atoms. The zero-order valence-electron chi connectivity index (χ0n) is 22.4. The van der Waals surface area contributed by atoms with Gasteiger partial charge in [0.1, 0.15) is 23.7 Å². The smallest absolute Gasteiger partial charge is 0.319 e. The van der Waals surface area contributed by atoms with Crippen LogP contribution in [-0.4, -0.2) is 71.4 Å². The Balaban J connectivity index is 1.42. The topological polar surface area (TPSA) is 97.5 Å². The van der Waals surface area contributed by atoms with E-state index >= 15 is 4.39 Å². The first-order chi connectivity index (χ1) is 19.5. The van der Waals surface area contributed by atoms with Crippen LogP contribution < -0.4 is 15.0 Å². The van der Waals surface area contributed by atoms with Gasteiger partial charge >= 0.3 is 6.01 Å². The summed E-state index contributed by atoms with van der Waals surface area (Å²) in [6.07, 6.45) is 4.33. The molecule has 1 aromatic heterocycles. The molecule has 3 aliphatic heterocycles. The summed E-state index contributed by atoms with van der Waals surface area (Å²) in [5, 5.41) is 26.3. The minimum atomic E-state index is -0.616. The molecule has 9 heteroatoms. The molecule has 7 rings (SSSR count).